The maximum atomic E-state index is 11.9. The zero-order valence-electron chi connectivity index (χ0n) is 21.1. The van der Waals surface area contributed by atoms with Crippen LogP contribution in [-0.2, 0) is 0 Å². The van der Waals surface area contributed by atoms with Gasteiger partial charge in [-0.3, -0.25) is 10.1 Å². The first-order valence-electron chi connectivity index (χ1n) is 11.8. The van der Waals surface area contributed by atoms with Crippen LogP contribution in [0.15, 0.2) is 54.9 Å². The molecule has 190 valence electrons. The zero-order valence-corrected chi connectivity index (χ0v) is 21.1. The quantitative estimate of drug-likeness (QED) is 0.195. The van der Waals surface area contributed by atoms with Crippen LogP contribution in [0.2, 0.25) is 0 Å². The van der Waals surface area contributed by atoms with E-state index < -0.39 is 0 Å². The lowest BCUT2D eigenvalue weighted by atomic mass is 10.1. The molecule has 0 saturated heterocycles. The molecule has 0 radical (unpaired) electrons. The normalized spacial score (nSPS) is 11.4. The Kier molecular flexibility index (Phi) is 6.36. The summed E-state index contributed by atoms with van der Waals surface area (Å²) in [6.45, 7) is 1.44. The molecule has 0 aliphatic carbocycles. The highest BCUT2D eigenvalue weighted by molar-refractivity contribution is 6.04. The monoisotopic (exact) mass is 500 g/mol. The summed E-state index contributed by atoms with van der Waals surface area (Å²) in [6, 6.07) is 12.8. The largest absolute Gasteiger partial charge is 0.495 e. The van der Waals surface area contributed by atoms with Crippen LogP contribution in [0, 0.1) is 10.1 Å². The van der Waals surface area contributed by atoms with Gasteiger partial charge in [0.25, 0.3) is 5.69 Å². The Morgan fingerprint density at radius 3 is 2.65 bits per heavy atom. The molecule has 0 unspecified atom stereocenters. The van der Waals surface area contributed by atoms with Gasteiger partial charge in [0.15, 0.2) is 0 Å². The van der Waals surface area contributed by atoms with Crippen LogP contribution in [0.3, 0.4) is 0 Å². The van der Waals surface area contributed by atoms with E-state index in [4.69, 9.17) is 9.72 Å². The molecule has 11 heteroatoms. The second-order valence-corrected chi connectivity index (χ2v) is 9.03. The summed E-state index contributed by atoms with van der Waals surface area (Å²) in [5.74, 6) is 1.06. The Bertz CT molecular complexity index is 1590. The van der Waals surface area contributed by atoms with Gasteiger partial charge >= 0.3 is 0 Å². The van der Waals surface area contributed by atoms with E-state index in [0.29, 0.717) is 29.5 Å². The molecule has 0 bridgehead atoms. The van der Waals surface area contributed by atoms with Crippen molar-refractivity contribution in [3.8, 4) is 17.0 Å². The van der Waals surface area contributed by atoms with Crippen molar-refractivity contribution in [2.75, 3.05) is 51.6 Å². The van der Waals surface area contributed by atoms with E-state index in [1.54, 1.807) is 19.2 Å². The summed E-state index contributed by atoms with van der Waals surface area (Å²) >= 11 is 0. The molecule has 37 heavy (non-hydrogen) atoms. The minimum atomic E-state index is -0.369. The second kappa shape index (κ2) is 9.78. The van der Waals surface area contributed by atoms with Crippen LogP contribution in [0.4, 0.5) is 23.0 Å². The predicted octanol–water partition coefficient (Wildman–Crippen LogP) is 4.76. The molecule has 2 aromatic carbocycles. The number of methoxy groups -OCH3 is 1. The first kappa shape index (κ1) is 24.1. The Morgan fingerprint density at radius 1 is 1.05 bits per heavy atom. The van der Waals surface area contributed by atoms with Crippen molar-refractivity contribution in [3.05, 3.63) is 65.0 Å². The van der Waals surface area contributed by atoms with Crippen molar-refractivity contribution in [2.24, 2.45) is 0 Å². The van der Waals surface area contributed by atoms with Gasteiger partial charge in [0, 0.05) is 60.6 Å². The summed E-state index contributed by atoms with van der Waals surface area (Å²) in [7, 11) is 7.43. The third-order valence-corrected chi connectivity index (χ3v) is 6.29. The molecule has 0 aliphatic heterocycles. The van der Waals surface area contributed by atoms with Gasteiger partial charge in [-0.1, -0.05) is 12.1 Å². The first-order chi connectivity index (χ1) is 17.9. The molecular formula is C26H28N8O3. The molecule has 0 saturated carbocycles. The van der Waals surface area contributed by atoms with Crippen LogP contribution >= 0.6 is 0 Å². The van der Waals surface area contributed by atoms with Gasteiger partial charge in [-0.2, -0.15) is 4.98 Å². The summed E-state index contributed by atoms with van der Waals surface area (Å²) in [4.78, 5) is 31.3. The number of likely N-dealkylation sites (N-methyl/N-ethyl adjacent to an activating group) is 2. The van der Waals surface area contributed by atoms with E-state index in [9.17, 15) is 10.1 Å². The lowest BCUT2D eigenvalue weighted by Gasteiger charge is -2.21. The van der Waals surface area contributed by atoms with E-state index in [1.165, 1.54) is 6.07 Å². The number of anilines is 3. The highest BCUT2D eigenvalue weighted by Crippen LogP contribution is 2.36. The first-order valence-corrected chi connectivity index (χ1v) is 11.8. The SMILES string of the molecule is COc1cccc2c(-c3nc(Nc4ccc(N(C)CCN(C)C)c([N+](=O)[O-])c4)nc4[nH]ccc34)c[nH]c12. The highest BCUT2D eigenvalue weighted by Gasteiger charge is 2.20. The third kappa shape index (κ3) is 4.64. The average molecular weight is 501 g/mol. The molecule has 0 atom stereocenters. The molecule has 0 fully saturated rings. The molecule has 0 amide bonds. The number of hydrogen-bond acceptors (Lipinski definition) is 8. The minimum Gasteiger partial charge on any atom is -0.495 e. The molecule has 0 spiro atoms. The van der Waals surface area contributed by atoms with Crippen molar-refractivity contribution in [1.82, 2.24) is 24.8 Å². The van der Waals surface area contributed by atoms with Crippen molar-refractivity contribution in [2.45, 2.75) is 0 Å². The van der Waals surface area contributed by atoms with Crippen molar-refractivity contribution in [1.29, 1.82) is 0 Å². The number of H-pyrrole nitrogens is 2. The summed E-state index contributed by atoms with van der Waals surface area (Å²) in [5.41, 5.74) is 4.23. The number of nitrogens with zero attached hydrogens (tertiary/aromatic N) is 5. The van der Waals surface area contributed by atoms with Gasteiger partial charge in [-0.25, -0.2) is 4.98 Å². The fourth-order valence-electron chi connectivity index (χ4n) is 4.36. The van der Waals surface area contributed by atoms with E-state index >= 15 is 0 Å². The van der Waals surface area contributed by atoms with Crippen LogP contribution < -0.4 is 15.0 Å². The fraction of sp³-hybridized carbons (Fsp3) is 0.231. The molecular weight excluding hydrogens is 472 g/mol. The molecule has 3 heterocycles. The number of nitrogens with one attached hydrogen (secondary N) is 3. The number of nitro groups is 1. The molecule has 3 N–H and O–H groups in total. The molecule has 3 aromatic heterocycles. The summed E-state index contributed by atoms with van der Waals surface area (Å²) < 4.78 is 5.49. The van der Waals surface area contributed by atoms with E-state index in [1.807, 2.05) is 67.6 Å². The molecule has 5 rings (SSSR count). The Hall–Kier alpha value is -4.64. The number of benzene rings is 2. The van der Waals surface area contributed by atoms with Crippen LogP contribution in [0.25, 0.3) is 33.2 Å². The molecule has 11 nitrogen and oxygen atoms in total. The lowest BCUT2D eigenvalue weighted by molar-refractivity contribution is -0.384. The molecule has 5 aromatic rings. The van der Waals surface area contributed by atoms with Crippen molar-refractivity contribution < 1.29 is 9.66 Å². The third-order valence-electron chi connectivity index (χ3n) is 6.29. The average Bonchev–Trinajstić information content (AvgIpc) is 3.54. The lowest BCUT2D eigenvalue weighted by Crippen LogP contribution is -2.28. The minimum absolute atomic E-state index is 0.0103. The van der Waals surface area contributed by atoms with Crippen LogP contribution in [0.1, 0.15) is 0 Å². The standard InChI is InChI=1S/C26H28N8O3/c1-32(2)12-13-33(3)20-9-8-16(14-21(20)34(35)36)29-26-30-23(18-10-11-27-25(18)31-26)19-15-28-24-17(19)6-5-7-22(24)37-4/h5-11,14-15,28H,12-13H2,1-4H3,(H2,27,29,30,31). The number of aromatic amines is 2. The summed E-state index contributed by atoms with van der Waals surface area (Å²) in [5, 5.41) is 16.9. The maximum Gasteiger partial charge on any atom is 0.294 e. The topological polar surface area (TPSA) is 128 Å². The number of rotatable bonds is 9. The van der Waals surface area contributed by atoms with Crippen LogP contribution in [-0.4, -0.2) is 71.1 Å². The Balaban J connectivity index is 1.53. The smallest absolute Gasteiger partial charge is 0.294 e. The van der Waals surface area contributed by atoms with Crippen molar-refractivity contribution >= 4 is 44.9 Å². The Labute approximate surface area is 213 Å². The predicted molar refractivity (Wildman–Crippen MR) is 146 cm³/mol. The van der Waals surface area contributed by atoms with Gasteiger partial charge < -0.3 is 29.8 Å². The van der Waals surface area contributed by atoms with E-state index in [-0.39, 0.29) is 10.6 Å². The van der Waals surface area contributed by atoms with Crippen molar-refractivity contribution in [3.63, 3.8) is 0 Å². The molecule has 0 aliphatic rings. The van der Waals surface area contributed by atoms with E-state index in [2.05, 4.69) is 20.3 Å². The van der Waals surface area contributed by atoms with Gasteiger partial charge in [-0.05, 0) is 38.4 Å². The number of fused-ring (bicyclic) bond motifs is 2. The fourth-order valence-corrected chi connectivity index (χ4v) is 4.36. The van der Waals surface area contributed by atoms with E-state index in [0.717, 1.165) is 39.8 Å². The maximum absolute atomic E-state index is 11.9. The zero-order chi connectivity index (χ0) is 26.1. The summed E-state index contributed by atoms with van der Waals surface area (Å²) in [6.07, 6.45) is 3.71. The number of nitro benzene ring substituents is 1. The number of hydrogen-bond donors (Lipinski definition) is 3. The Morgan fingerprint density at radius 2 is 1.89 bits per heavy atom. The van der Waals surface area contributed by atoms with Gasteiger partial charge in [0.2, 0.25) is 5.95 Å². The van der Waals surface area contributed by atoms with Gasteiger partial charge in [0.05, 0.1) is 23.2 Å². The second-order valence-electron chi connectivity index (χ2n) is 9.03. The van der Waals surface area contributed by atoms with Gasteiger partial charge in [0.1, 0.15) is 17.1 Å². The van der Waals surface area contributed by atoms with Gasteiger partial charge in [-0.15, -0.1) is 0 Å². The number of aromatic nitrogens is 4. The highest BCUT2D eigenvalue weighted by atomic mass is 16.6. The van der Waals surface area contributed by atoms with Crippen LogP contribution in [0.5, 0.6) is 5.75 Å². The number of para-hydroxylation sites is 1. The number of ether oxygens (including phenoxy) is 1.